The molecule has 0 saturated heterocycles. The first-order chi connectivity index (χ1) is 9.81. The summed E-state index contributed by atoms with van der Waals surface area (Å²) in [6.45, 7) is 3.06. The summed E-state index contributed by atoms with van der Waals surface area (Å²) in [4.78, 5) is 4.18. The summed E-state index contributed by atoms with van der Waals surface area (Å²) in [5.74, 6) is 0. The van der Waals surface area contributed by atoms with Gasteiger partial charge in [-0.1, -0.05) is 25.1 Å². The van der Waals surface area contributed by atoms with Gasteiger partial charge < -0.3 is 14.8 Å². The number of nitrogens with one attached hydrogen (secondary N) is 1. The Kier molecular flexibility index (Phi) is 5.47. The van der Waals surface area contributed by atoms with Crippen LogP contribution < -0.4 is 5.32 Å². The first-order valence-corrected chi connectivity index (χ1v) is 6.93. The van der Waals surface area contributed by atoms with Gasteiger partial charge in [-0.3, -0.25) is 4.98 Å². The highest BCUT2D eigenvalue weighted by Crippen LogP contribution is 2.27. The summed E-state index contributed by atoms with van der Waals surface area (Å²) >= 11 is 0. The molecule has 0 amide bonds. The van der Waals surface area contributed by atoms with E-state index in [9.17, 15) is 0 Å². The third-order valence-electron chi connectivity index (χ3n) is 3.40. The van der Waals surface area contributed by atoms with Gasteiger partial charge in [0.2, 0.25) is 0 Å². The van der Waals surface area contributed by atoms with Gasteiger partial charge in [0.25, 0.3) is 0 Å². The Labute approximate surface area is 120 Å². The number of hydrogen-bond acceptors (Lipinski definition) is 4. The summed E-state index contributed by atoms with van der Waals surface area (Å²) < 4.78 is 10.9. The number of methoxy groups -OCH3 is 2. The van der Waals surface area contributed by atoms with Crippen molar-refractivity contribution in [3.05, 3.63) is 42.2 Å². The van der Waals surface area contributed by atoms with Crippen LogP contribution in [0.25, 0.3) is 10.8 Å². The molecule has 1 aromatic carbocycles. The lowest BCUT2D eigenvalue weighted by Crippen LogP contribution is -2.35. The minimum atomic E-state index is -0.319. The van der Waals surface area contributed by atoms with Crippen LogP contribution in [0, 0.1) is 0 Å². The molecular weight excluding hydrogens is 252 g/mol. The predicted octanol–water partition coefficient (Wildman–Crippen LogP) is 2.89. The fourth-order valence-electron chi connectivity index (χ4n) is 2.44. The van der Waals surface area contributed by atoms with Crippen LogP contribution in [-0.2, 0) is 9.47 Å². The van der Waals surface area contributed by atoms with Gasteiger partial charge in [-0.2, -0.15) is 0 Å². The molecule has 1 unspecified atom stereocenters. The van der Waals surface area contributed by atoms with Crippen LogP contribution >= 0.6 is 0 Å². The number of pyridine rings is 1. The smallest absolute Gasteiger partial charge is 0.176 e. The molecule has 0 aliphatic rings. The lowest BCUT2D eigenvalue weighted by atomic mass is 9.99. The Bertz CT molecular complexity index is 535. The van der Waals surface area contributed by atoms with Crippen LogP contribution in [-0.4, -0.2) is 32.0 Å². The Morgan fingerprint density at radius 3 is 2.70 bits per heavy atom. The molecule has 1 heterocycles. The minimum absolute atomic E-state index is 0.00366. The van der Waals surface area contributed by atoms with Gasteiger partial charge in [-0.05, 0) is 30.0 Å². The molecule has 0 fully saturated rings. The Hall–Kier alpha value is -1.49. The van der Waals surface area contributed by atoms with Crippen molar-refractivity contribution in [2.24, 2.45) is 0 Å². The van der Waals surface area contributed by atoms with Gasteiger partial charge >= 0.3 is 0 Å². The summed E-state index contributed by atoms with van der Waals surface area (Å²) in [5.41, 5.74) is 1.17. The zero-order chi connectivity index (χ0) is 14.4. The second kappa shape index (κ2) is 7.33. The van der Waals surface area contributed by atoms with E-state index in [1.807, 2.05) is 24.5 Å². The number of rotatable bonds is 7. The largest absolute Gasteiger partial charge is 0.354 e. The molecule has 4 heteroatoms. The normalized spacial score (nSPS) is 13.0. The summed E-state index contributed by atoms with van der Waals surface area (Å²) in [6.07, 6.45) is 4.44. The van der Waals surface area contributed by atoms with E-state index in [4.69, 9.17) is 9.47 Å². The summed E-state index contributed by atoms with van der Waals surface area (Å²) in [5, 5.41) is 5.81. The van der Waals surface area contributed by atoms with E-state index >= 15 is 0 Å². The first kappa shape index (κ1) is 14.9. The predicted molar refractivity (Wildman–Crippen MR) is 80.6 cm³/mol. The number of nitrogens with zero attached hydrogens (tertiary/aromatic N) is 1. The van der Waals surface area contributed by atoms with Crippen LogP contribution in [0.2, 0.25) is 0 Å². The number of fused-ring (bicyclic) bond motifs is 1. The first-order valence-electron chi connectivity index (χ1n) is 6.93. The molecule has 1 atom stereocenters. The maximum atomic E-state index is 5.46. The van der Waals surface area contributed by atoms with E-state index in [-0.39, 0.29) is 12.3 Å². The van der Waals surface area contributed by atoms with Crippen LogP contribution in [0.5, 0.6) is 0 Å². The van der Waals surface area contributed by atoms with Crippen molar-refractivity contribution in [1.82, 2.24) is 10.3 Å². The average molecular weight is 274 g/mol. The monoisotopic (exact) mass is 274 g/mol. The average Bonchev–Trinajstić information content (AvgIpc) is 2.51. The SMILES string of the molecule is CCCNC(c1cccc2cnccc12)C(OC)OC. The molecule has 2 aromatic rings. The number of hydrogen-bond donors (Lipinski definition) is 1. The van der Waals surface area contributed by atoms with Gasteiger partial charge in [-0.25, -0.2) is 0 Å². The maximum Gasteiger partial charge on any atom is 0.176 e. The zero-order valence-corrected chi connectivity index (χ0v) is 12.3. The number of benzene rings is 1. The quantitative estimate of drug-likeness (QED) is 0.788. The van der Waals surface area contributed by atoms with Crippen molar-refractivity contribution in [3.63, 3.8) is 0 Å². The number of ether oxygens (including phenoxy) is 2. The molecule has 4 nitrogen and oxygen atoms in total. The van der Waals surface area contributed by atoms with E-state index < -0.39 is 0 Å². The van der Waals surface area contributed by atoms with Crippen molar-refractivity contribution < 1.29 is 9.47 Å². The third kappa shape index (κ3) is 3.15. The fourth-order valence-corrected chi connectivity index (χ4v) is 2.44. The molecular formula is C16H22N2O2. The highest BCUT2D eigenvalue weighted by atomic mass is 16.7. The van der Waals surface area contributed by atoms with Crippen molar-refractivity contribution in [1.29, 1.82) is 0 Å². The standard InChI is InChI=1S/C16H22N2O2/c1-4-9-18-15(16(19-2)20-3)14-7-5-6-12-11-17-10-8-13(12)14/h5-8,10-11,15-16,18H,4,9H2,1-3H3. The van der Waals surface area contributed by atoms with Crippen molar-refractivity contribution in [2.45, 2.75) is 25.7 Å². The molecule has 0 aliphatic heterocycles. The molecule has 0 spiro atoms. The highest BCUT2D eigenvalue weighted by molar-refractivity contribution is 5.85. The molecule has 0 aliphatic carbocycles. The van der Waals surface area contributed by atoms with Gasteiger partial charge in [-0.15, -0.1) is 0 Å². The van der Waals surface area contributed by atoms with E-state index in [0.717, 1.165) is 18.4 Å². The van der Waals surface area contributed by atoms with E-state index in [1.165, 1.54) is 10.9 Å². The maximum absolute atomic E-state index is 5.46. The van der Waals surface area contributed by atoms with Crippen molar-refractivity contribution in [3.8, 4) is 0 Å². The van der Waals surface area contributed by atoms with Gasteiger partial charge in [0.05, 0.1) is 6.04 Å². The lowest BCUT2D eigenvalue weighted by molar-refractivity contribution is -0.123. The van der Waals surface area contributed by atoms with Crippen LogP contribution in [0.15, 0.2) is 36.7 Å². The molecule has 2 rings (SSSR count). The molecule has 108 valence electrons. The second-order valence-electron chi connectivity index (χ2n) is 4.72. The van der Waals surface area contributed by atoms with E-state index in [0.29, 0.717) is 0 Å². The van der Waals surface area contributed by atoms with Crippen molar-refractivity contribution in [2.75, 3.05) is 20.8 Å². The third-order valence-corrected chi connectivity index (χ3v) is 3.40. The Balaban J connectivity index is 2.44. The van der Waals surface area contributed by atoms with Crippen LogP contribution in [0.1, 0.15) is 24.9 Å². The lowest BCUT2D eigenvalue weighted by Gasteiger charge is -2.27. The van der Waals surface area contributed by atoms with Gasteiger partial charge in [0.15, 0.2) is 6.29 Å². The van der Waals surface area contributed by atoms with Crippen molar-refractivity contribution >= 4 is 10.8 Å². The summed E-state index contributed by atoms with van der Waals surface area (Å²) in [6, 6.07) is 8.25. The minimum Gasteiger partial charge on any atom is -0.354 e. The molecule has 0 bridgehead atoms. The Morgan fingerprint density at radius 1 is 1.20 bits per heavy atom. The number of aromatic nitrogens is 1. The van der Waals surface area contributed by atoms with Crippen LogP contribution in [0.4, 0.5) is 0 Å². The molecule has 1 aromatic heterocycles. The fraction of sp³-hybridized carbons (Fsp3) is 0.438. The van der Waals surface area contributed by atoms with Gasteiger partial charge in [0, 0.05) is 32.0 Å². The zero-order valence-electron chi connectivity index (χ0n) is 12.3. The molecule has 0 saturated carbocycles. The molecule has 1 N–H and O–H groups in total. The van der Waals surface area contributed by atoms with E-state index in [1.54, 1.807) is 14.2 Å². The molecule has 0 radical (unpaired) electrons. The van der Waals surface area contributed by atoms with Crippen LogP contribution in [0.3, 0.4) is 0 Å². The van der Waals surface area contributed by atoms with Gasteiger partial charge in [0.1, 0.15) is 0 Å². The Morgan fingerprint density at radius 2 is 2.00 bits per heavy atom. The summed E-state index contributed by atoms with van der Waals surface area (Å²) in [7, 11) is 3.34. The second-order valence-corrected chi connectivity index (χ2v) is 4.72. The topological polar surface area (TPSA) is 43.4 Å². The highest BCUT2D eigenvalue weighted by Gasteiger charge is 2.23. The molecule has 20 heavy (non-hydrogen) atoms. The van der Waals surface area contributed by atoms with E-state index in [2.05, 4.69) is 29.4 Å².